The Hall–Kier alpha value is -4.26. The smallest absolute Gasteiger partial charge is 0.397 e. The standard InChI is InChI=1S/C19H22Cl2F3N5O.C17H18Cl2F3N5O/c1-12-17(21)18(19(22,23)24)25-29(12)11-16(30)28-8-6-27(7-9-28)13-4-5-14(20)15(10-13)26(2)3;1-10-15(19)16(17(20,21)22)24-27(10)9-14(28)26-6-4-25(5-7-26)11-2-3-12(18)13(23)8-11/h4-5,10H,6-9,11H2,1-3H3;2-3,8H,4-7,9,23H2,1H3. The molecule has 2 fully saturated rings. The molecule has 0 aliphatic carbocycles. The fourth-order valence-electron chi connectivity index (χ4n) is 6.37. The molecule has 22 heteroatoms. The van der Waals surface area contributed by atoms with Gasteiger partial charge >= 0.3 is 12.4 Å². The van der Waals surface area contributed by atoms with E-state index in [-0.39, 0.29) is 36.3 Å². The van der Waals surface area contributed by atoms with Crippen molar-refractivity contribution < 1.29 is 35.9 Å². The molecule has 12 nitrogen and oxygen atoms in total. The molecule has 0 saturated carbocycles. The number of nitrogens with two attached hydrogens (primary N) is 1. The average molecular weight is 901 g/mol. The summed E-state index contributed by atoms with van der Waals surface area (Å²) in [7, 11) is 3.82. The predicted octanol–water partition coefficient (Wildman–Crippen LogP) is 7.38. The zero-order valence-corrected chi connectivity index (χ0v) is 34.8. The Labute approximate surface area is 350 Å². The van der Waals surface area contributed by atoms with Crippen LogP contribution in [0.25, 0.3) is 0 Å². The van der Waals surface area contributed by atoms with Crippen molar-refractivity contribution in [2.45, 2.75) is 39.3 Å². The van der Waals surface area contributed by atoms with Gasteiger partial charge in [0.1, 0.15) is 13.1 Å². The zero-order valence-electron chi connectivity index (χ0n) is 31.7. The monoisotopic (exact) mass is 898 g/mol. The summed E-state index contributed by atoms with van der Waals surface area (Å²) in [4.78, 5) is 34.5. The lowest BCUT2D eigenvalue weighted by Gasteiger charge is -2.36. The first-order valence-electron chi connectivity index (χ1n) is 17.7. The van der Waals surface area contributed by atoms with E-state index in [2.05, 4.69) is 20.0 Å². The van der Waals surface area contributed by atoms with Crippen molar-refractivity contribution >= 4 is 81.0 Å². The van der Waals surface area contributed by atoms with Crippen LogP contribution in [0.1, 0.15) is 22.8 Å². The van der Waals surface area contributed by atoms with Crippen LogP contribution in [0.3, 0.4) is 0 Å². The highest BCUT2D eigenvalue weighted by Crippen LogP contribution is 2.37. The van der Waals surface area contributed by atoms with Gasteiger partial charge in [-0.15, -0.1) is 0 Å². The largest absolute Gasteiger partial charge is 0.436 e. The molecule has 2 aliphatic heterocycles. The van der Waals surface area contributed by atoms with Gasteiger partial charge in [0, 0.05) is 77.8 Å². The molecule has 0 unspecified atom stereocenters. The minimum atomic E-state index is -4.66. The van der Waals surface area contributed by atoms with Gasteiger partial charge in [-0.05, 0) is 50.2 Å². The normalized spacial score (nSPS) is 15.1. The first kappa shape index (κ1) is 44.8. The van der Waals surface area contributed by atoms with Crippen LogP contribution in [0.4, 0.5) is 49.1 Å². The van der Waals surface area contributed by atoms with Crippen molar-refractivity contribution in [1.29, 1.82) is 0 Å². The molecule has 2 aliphatic rings. The second-order valence-electron chi connectivity index (χ2n) is 13.8. The van der Waals surface area contributed by atoms with Crippen LogP contribution in [-0.4, -0.2) is 108 Å². The van der Waals surface area contributed by atoms with Gasteiger partial charge in [-0.1, -0.05) is 46.4 Å². The molecule has 4 heterocycles. The molecule has 6 rings (SSSR count). The number of rotatable bonds is 7. The maximum absolute atomic E-state index is 13.0. The molecule has 2 aromatic heterocycles. The molecule has 0 spiro atoms. The molecular formula is C36H40Cl4F6N10O2. The lowest BCUT2D eigenvalue weighted by Crippen LogP contribution is -2.49. The first-order chi connectivity index (χ1) is 27.1. The number of carbonyl (C=O) groups is 2. The number of amides is 2. The number of anilines is 4. The number of nitrogen functional groups attached to an aromatic ring is 1. The number of benzene rings is 2. The van der Waals surface area contributed by atoms with E-state index < -0.39 is 33.8 Å². The summed E-state index contributed by atoms with van der Waals surface area (Å²) < 4.78 is 79.7. The maximum Gasteiger partial charge on any atom is 0.436 e. The molecule has 0 bridgehead atoms. The third-order valence-electron chi connectivity index (χ3n) is 9.76. The van der Waals surface area contributed by atoms with Gasteiger partial charge in [-0.25, -0.2) is 0 Å². The van der Waals surface area contributed by atoms with E-state index in [4.69, 9.17) is 52.1 Å². The van der Waals surface area contributed by atoms with E-state index in [1.54, 1.807) is 21.9 Å². The van der Waals surface area contributed by atoms with Gasteiger partial charge in [-0.2, -0.15) is 36.5 Å². The summed E-state index contributed by atoms with van der Waals surface area (Å²) in [5.74, 6) is -0.609. The summed E-state index contributed by atoms with van der Waals surface area (Å²) >= 11 is 23.6. The quantitative estimate of drug-likeness (QED) is 0.151. The summed E-state index contributed by atoms with van der Waals surface area (Å²) in [5.41, 5.74) is 6.99. The van der Waals surface area contributed by atoms with Gasteiger partial charge in [0.05, 0.1) is 42.9 Å². The number of carbonyl (C=O) groups excluding carboxylic acids is 2. The van der Waals surface area contributed by atoms with Gasteiger partial charge in [0.25, 0.3) is 0 Å². The fourth-order valence-corrected chi connectivity index (χ4v) is 7.26. The molecule has 316 valence electrons. The van der Waals surface area contributed by atoms with E-state index in [0.717, 1.165) is 26.4 Å². The second kappa shape index (κ2) is 17.9. The highest BCUT2D eigenvalue weighted by molar-refractivity contribution is 6.34. The van der Waals surface area contributed by atoms with Crippen molar-refractivity contribution in [1.82, 2.24) is 29.4 Å². The number of hydrogen-bond acceptors (Lipinski definition) is 8. The molecule has 4 aromatic rings. The van der Waals surface area contributed by atoms with Crippen molar-refractivity contribution in [3.05, 3.63) is 79.3 Å². The average Bonchev–Trinajstić information content (AvgIpc) is 3.62. The maximum atomic E-state index is 13.0. The number of nitrogens with zero attached hydrogens (tertiary/aromatic N) is 9. The Morgan fingerprint density at radius 3 is 1.38 bits per heavy atom. The fraction of sp³-hybridized carbons (Fsp3) is 0.444. The van der Waals surface area contributed by atoms with Gasteiger partial charge in [-0.3, -0.25) is 19.0 Å². The highest BCUT2D eigenvalue weighted by Gasteiger charge is 2.40. The number of aromatic nitrogens is 4. The number of alkyl halides is 6. The van der Waals surface area contributed by atoms with E-state index in [9.17, 15) is 35.9 Å². The van der Waals surface area contributed by atoms with Crippen LogP contribution < -0.4 is 20.4 Å². The molecule has 58 heavy (non-hydrogen) atoms. The Morgan fingerprint density at radius 2 is 1.03 bits per heavy atom. The molecular weight excluding hydrogens is 860 g/mol. The molecule has 0 radical (unpaired) electrons. The second-order valence-corrected chi connectivity index (χ2v) is 15.3. The molecule has 0 atom stereocenters. The van der Waals surface area contributed by atoms with E-state index in [1.807, 2.05) is 43.3 Å². The van der Waals surface area contributed by atoms with Crippen LogP contribution >= 0.6 is 46.4 Å². The highest BCUT2D eigenvalue weighted by atomic mass is 35.5. The lowest BCUT2D eigenvalue weighted by molar-refractivity contribution is -0.142. The summed E-state index contributed by atoms with van der Waals surface area (Å²) in [6, 6.07) is 11.1. The minimum Gasteiger partial charge on any atom is -0.397 e. The van der Waals surface area contributed by atoms with Gasteiger partial charge in [0.2, 0.25) is 11.8 Å². The Bertz CT molecular complexity index is 2130. The molecule has 2 saturated heterocycles. The minimum absolute atomic E-state index is 0.109. The first-order valence-corrected chi connectivity index (χ1v) is 19.3. The summed E-state index contributed by atoms with van der Waals surface area (Å²) in [5, 5.41) is 7.15. The lowest BCUT2D eigenvalue weighted by atomic mass is 10.2. The van der Waals surface area contributed by atoms with Crippen LogP contribution in [0.2, 0.25) is 20.1 Å². The number of halogens is 10. The molecule has 2 N–H and O–H groups in total. The van der Waals surface area contributed by atoms with Crippen molar-refractivity contribution in [3.63, 3.8) is 0 Å². The van der Waals surface area contributed by atoms with E-state index in [1.165, 1.54) is 13.8 Å². The molecule has 2 aromatic carbocycles. The van der Waals surface area contributed by atoms with Gasteiger partial charge in [0.15, 0.2) is 11.4 Å². The van der Waals surface area contributed by atoms with E-state index in [0.29, 0.717) is 68.1 Å². The Kier molecular flexibility index (Phi) is 13.9. The molecule has 2 amide bonds. The number of piperazine rings is 2. The summed E-state index contributed by atoms with van der Waals surface area (Å²) in [6.45, 7) is 6.36. The SMILES string of the molecule is Cc1c(Cl)c(C(F)(F)F)nn1CC(=O)N1CCN(c2ccc(Cl)c(N(C)C)c2)CC1.Cc1c(Cl)c(C(F)(F)F)nn1CC(=O)N1CCN(c2ccc(Cl)c(N)c2)CC1. The van der Waals surface area contributed by atoms with Crippen molar-refractivity contribution in [2.75, 3.05) is 86.9 Å². The predicted molar refractivity (Wildman–Crippen MR) is 213 cm³/mol. The van der Waals surface area contributed by atoms with Crippen LogP contribution in [0.15, 0.2) is 36.4 Å². The van der Waals surface area contributed by atoms with Crippen molar-refractivity contribution in [2.24, 2.45) is 0 Å². The van der Waals surface area contributed by atoms with Crippen LogP contribution in [0.5, 0.6) is 0 Å². The van der Waals surface area contributed by atoms with E-state index >= 15 is 0 Å². The van der Waals surface area contributed by atoms with Crippen molar-refractivity contribution in [3.8, 4) is 0 Å². The Morgan fingerprint density at radius 1 is 0.655 bits per heavy atom. The number of hydrogen-bond donors (Lipinski definition) is 1. The topological polar surface area (TPSA) is 112 Å². The van der Waals surface area contributed by atoms with Gasteiger partial charge < -0.3 is 30.2 Å². The third kappa shape index (κ3) is 10.3. The Balaban J connectivity index is 0.000000221. The van der Waals surface area contributed by atoms with Crippen LogP contribution in [-0.2, 0) is 35.0 Å². The third-order valence-corrected chi connectivity index (χ3v) is 11.3. The zero-order chi connectivity index (χ0) is 42.9. The van der Waals surface area contributed by atoms with Crippen LogP contribution in [0, 0.1) is 13.8 Å². The summed E-state index contributed by atoms with van der Waals surface area (Å²) in [6.07, 6.45) is -9.33.